The quantitative estimate of drug-likeness (QED) is 0.677. The van der Waals surface area contributed by atoms with Crippen molar-refractivity contribution in [3.63, 3.8) is 0 Å². The van der Waals surface area contributed by atoms with Crippen LogP contribution in [0.4, 0.5) is 11.4 Å². The molecule has 0 unspecified atom stereocenters. The fourth-order valence-electron chi connectivity index (χ4n) is 1.51. The molecule has 0 saturated carbocycles. The van der Waals surface area contributed by atoms with Crippen molar-refractivity contribution in [3.05, 3.63) is 58.6 Å². The topological polar surface area (TPSA) is 112 Å². The Morgan fingerprint density at radius 3 is 2.30 bits per heavy atom. The molecule has 2 aromatic rings. The molecular weight excluding hydrogens is 284 g/mol. The standard InChI is InChI=1S/C12H10N2O5S/c15-12-7-6-9(14(16)17)8-11(12)13-20(18,19)10-4-2-1-3-5-10/h1-8,13,15H/p-1. The SMILES string of the molecule is O=[N+]([O-])c1ccc([O-])c(NS(=O)(=O)c2ccccc2)c1. The molecular formula is C12H9N2O5S-. The lowest BCUT2D eigenvalue weighted by molar-refractivity contribution is -0.385. The second kappa shape index (κ2) is 5.17. The third-order valence-electron chi connectivity index (χ3n) is 2.47. The maximum absolute atomic E-state index is 12.0. The predicted molar refractivity (Wildman–Crippen MR) is 69.8 cm³/mol. The molecule has 8 heteroatoms. The van der Waals surface area contributed by atoms with Crippen LogP contribution in [0, 0.1) is 10.1 Å². The van der Waals surface area contributed by atoms with Crippen molar-refractivity contribution in [2.24, 2.45) is 0 Å². The van der Waals surface area contributed by atoms with Crippen molar-refractivity contribution in [2.75, 3.05) is 4.72 Å². The molecule has 1 N–H and O–H groups in total. The lowest BCUT2D eigenvalue weighted by Crippen LogP contribution is -2.14. The molecule has 0 radical (unpaired) electrons. The number of sulfonamides is 1. The van der Waals surface area contributed by atoms with Crippen LogP contribution in [0.2, 0.25) is 0 Å². The number of nitrogens with one attached hydrogen (secondary N) is 1. The smallest absolute Gasteiger partial charge is 0.271 e. The Morgan fingerprint density at radius 2 is 1.70 bits per heavy atom. The average molecular weight is 293 g/mol. The van der Waals surface area contributed by atoms with E-state index in [2.05, 4.69) is 4.72 Å². The maximum atomic E-state index is 12.0. The largest absolute Gasteiger partial charge is 0.871 e. The molecule has 0 fully saturated rings. The predicted octanol–water partition coefficient (Wildman–Crippen LogP) is 1.47. The van der Waals surface area contributed by atoms with E-state index >= 15 is 0 Å². The molecule has 0 heterocycles. The van der Waals surface area contributed by atoms with Crippen LogP contribution in [-0.4, -0.2) is 13.3 Å². The van der Waals surface area contributed by atoms with Gasteiger partial charge in [-0.1, -0.05) is 30.0 Å². The molecule has 104 valence electrons. The summed E-state index contributed by atoms with van der Waals surface area (Å²) in [4.78, 5) is 9.88. The van der Waals surface area contributed by atoms with Crippen molar-refractivity contribution in [1.29, 1.82) is 0 Å². The van der Waals surface area contributed by atoms with E-state index < -0.39 is 20.7 Å². The van der Waals surface area contributed by atoms with Gasteiger partial charge in [0.15, 0.2) is 0 Å². The van der Waals surface area contributed by atoms with Crippen LogP contribution in [0.3, 0.4) is 0 Å². The van der Waals surface area contributed by atoms with Crippen LogP contribution < -0.4 is 9.83 Å². The third-order valence-corrected chi connectivity index (χ3v) is 3.85. The Morgan fingerprint density at radius 1 is 1.05 bits per heavy atom. The maximum Gasteiger partial charge on any atom is 0.271 e. The molecule has 0 atom stereocenters. The first kappa shape index (κ1) is 13.8. The van der Waals surface area contributed by atoms with Crippen molar-refractivity contribution >= 4 is 21.4 Å². The van der Waals surface area contributed by atoms with Crippen molar-refractivity contribution in [3.8, 4) is 5.75 Å². The molecule has 0 aliphatic carbocycles. The fraction of sp³-hybridized carbons (Fsp3) is 0. The lowest BCUT2D eigenvalue weighted by Gasteiger charge is -2.15. The number of hydrogen-bond acceptors (Lipinski definition) is 5. The monoisotopic (exact) mass is 293 g/mol. The van der Waals surface area contributed by atoms with Crippen LogP contribution in [0.5, 0.6) is 5.75 Å². The first-order chi connectivity index (χ1) is 9.40. The summed E-state index contributed by atoms with van der Waals surface area (Å²) in [5.74, 6) is -0.643. The molecule has 0 saturated heterocycles. The van der Waals surface area contributed by atoms with E-state index in [0.717, 1.165) is 18.2 Å². The van der Waals surface area contributed by atoms with Gasteiger partial charge >= 0.3 is 0 Å². The van der Waals surface area contributed by atoms with Crippen LogP contribution in [0.15, 0.2) is 53.4 Å². The van der Waals surface area contributed by atoms with Gasteiger partial charge in [0.1, 0.15) is 0 Å². The van der Waals surface area contributed by atoms with E-state index in [1.165, 1.54) is 24.3 Å². The molecule has 2 aromatic carbocycles. The van der Waals surface area contributed by atoms with E-state index in [-0.39, 0.29) is 16.3 Å². The van der Waals surface area contributed by atoms with Gasteiger partial charge in [0.25, 0.3) is 15.7 Å². The zero-order valence-corrected chi connectivity index (χ0v) is 10.8. The molecule has 7 nitrogen and oxygen atoms in total. The Kier molecular flexibility index (Phi) is 3.57. The average Bonchev–Trinajstić information content (AvgIpc) is 2.42. The summed E-state index contributed by atoms with van der Waals surface area (Å²) in [5.41, 5.74) is -0.724. The zero-order valence-electron chi connectivity index (χ0n) is 10.0. The number of hydrogen-bond donors (Lipinski definition) is 1. The minimum atomic E-state index is -3.95. The molecule has 0 spiro atoms. The van der Waals surface area contributed by atoms with Gasteiger partial charge in [0, 0.05) is 17.8 Å². The van der Waals surface area contributed by atoms with Gasteiger partial charge in [0.05, 0.1) is 9.82 Å². The number of nitro groups is 1. The summed E-state index contributed by atoms with van der Waals surface area (Å²) < 4.78 is 26.1. The molecule has 0 aliphatic heterocycles. The van der Waals surface area contributed by atoms with Crippen LogP contribution in [0.25, 0.3) is 0 Å². The number of anilines is 1. The van der Waals surface area contributed by atoms with Crippen LogP contribution in [-0.2, 0) is 10.0 Å². The van der Waals surface area contributed by atoms with E-state index in [9.17, 15) is 23.6 Å². The van der Waals surface area contributed by atoms with Gasteiger partial charge in [-0.25, -0.2) is 8.42 Å². The molecule has 2 rings (SSSR count). The lowest BCUT2D eigenvalue weighted by atomic mass is 10.2. The Labute approximate surface area is 114 Å². The highest BCUT2D eigenvalue weighted by molar-refractivity contribution is 7.92. The molecule has 20 heavy (non-hydrogen) atoms. The number of rotatable bonds is 4. The Balaban J connectivity index is 2.39. The summed E-state index contributed by atoms with van der Waals surface area (Å²) in [6.45, 7) is 0. The van der Waals surface area contributed by atoms with Gasteiger partial charge < -0.3 is 5.11 Å². The van der Waals surface area contributed by atoms with E-state index in [1.54, 1.807) is 6.07 Å². The van der Waals surface area contributed by atoms with Gasteiger partial charge in [-0.2, -0.15) is 0 Å². The zero-order chi connectivity index (χ0) is 14.8. The highest BCUT2D eigenvalue weighted by Gasteiger charge is 2.15. The fourth-order valence-corrected chi connectivity index (χ4v) is 2.60. The summed E-state index contributed by atoms with van der Waals surface area (Å²) >= 11 is 0. The first-order valence-electron chi connectivity index (χ1n) is 5.43. The van der Waals surface area contributed by atoms with Gasteiger partial charge in [-0.3, -0.25) is 14.8 Å². The number of non-ortho nitro benzene ring substituents is 1. The van der Waals surface area contributed by atoms with E-state index in [0.29, 0.717) is 0 Å². The summed E-state index contributed by atoms with van der Waals surface area (Å²) in [7, 11) is -3.95. The summed E-state index contributed by atoms with van der Waals surface area (Å²) in [6.07, 6.45) is 0. The third kappa shape index (κ3) is 2.86. The Bertz CT molecular complexity index is 744. The van der Waals surface area contributed by atoms with Gasteiger partial charge in [0.2, 0.25) is 0 Å². The normalized spacial score (nSPS) is 11.0. The molecule has 0 bridgehead atoms. The molecule has 0 aromatic heterocycles. The molecule has 0 aliphatic rings. The van der Waals surface area contributed by atoms with Crippen LogP contribution >= 0.6 is 0 Å². The summed E-state index contributed by atoms with van der Waals surface area (Å²) in [5, 5.41) is 22.2. The first-order valence-corrected chi connectivity index (χ1v) is 6.92. The number of benzene rings is 2. The minimum absolute atomic E-state index is 0.0362. The molecule has 0 amide bonds. The van der Waals surface area contributed by atoms with Gasteiger partial charge in [-0.05, 0) is 12.1 Å². The Hall–Kier alpha value is -2.61. The highest BCUT2D eigenvalue weighted by atomic mass is 32.2. The van der Waals surface area contributed by atoms with Crippen molar-refractivity contribution in [2.45, 2.75) is 4.90 Å². The van der Waals surface area contributed by atoms with Crippen LogP contribution in [0.1, 0.15) is 0 Å². The van der Waals surface area contributed by atoms with E-state index in [4.69, 9.17) is 0 Å². The van der Waals surface area contributed by atoms with E-state index in [1.807, 2.05) is 0 Å². The summed E-state index contributed by atoms with van der Waals surface area (Å²) in [6, 6.07) is 10.3. The minimum Gasteiger partial charge on any atom is -0.871 e. The van der Waals surface area contributed by atoms with Crippen molar-refractivity contribution in [1.82, 2.24) is 0 Å². The highest BCUT2D eigenvalue weighted by Crippen LogP contribution is 2.27. The second-order valence-electron chi connectivity index (χ2n) is 3.86. The number of nitro benzene ring substituents is 1. The number of nitrogens with zero attached hydrogens (tertiary/aromatic N) is 1. The van der Waals surface area contributed by atoms with Gasteiger partial charge in [-0.15, -0.1) is 0 Å². The van der Waals surface area contributed by atoms with Crippen molar-refractivity contribution < 1.29 is 18.4 Å². The second-order valence-corrected chi connectivity index (χ2v) is 5.54.